The van der Waals surface area contributed by atoms with Gasteiger partial charge in [-0.2, -0.15) is 0 Å². The summed E-state index contributed by atoms with van der Waals surface area (Å²) in [5.74, 6) is -9.56. The maximum atomic E-state index is 14.9. The van der Waals surface area contributed by atoms with E-state index in [-0.39, 0.29) is 93.6 Å². The van der Waals surface area contributed by atoms with E-state index in [9.17, 15) is 73.2 Å². The van der Waals surface area contributed by atoms with Crippen LogP contribution in [0.2, 0.25) is 0 Å². The van der Waals surface area contributed by atoms with Crippen molar-refractivity contribution >= 4 is 87.3 Å². The van der Waals surface area contributed by atoms with E-state index in [2.05, 4.69) is 42.2 Å². The lowest BCUT2D eigenvalue weighted by Gasteiger charge is -2.31. The zero-order chi connectivity index (χ0) is 63.7. The van der Waals surface area contributed by atoms with Crippen molar-refractivity contribution < 1.29 is 73.2 Å². The largest absolute Gasteiger partial charge is 0.393 e. The number of aromatic nitrogens is 1. The molecule has 1 unspecified atom stereocenters. The van der Waals surface area contributed by atoms with E-state index in [4.69, 9.17) is 5.73 Å². The Hall–Kier alpha value is -7.10. The van der Waals surface area contributed by atoms with Gasteiger partial charge in [-0.3, -0.25) is 52.7 Å². The molecule has 3 aliphatic rings. The Kier molecular flexibility index (Phi) is 25.6. The summed E-state index contributed by atoms with van der Waals surface area (Å²) in [5.41, 5.74) is 6.11. The number of ketones is 3. The highest BCUT2D eigenvalue weighted by Gasteiger charge is 2.44. The van der Waals surface area contributed by atoms with Crippen LogP contribution in [0.3, 0.4) is 0 Å². The molecule has 14 N–H and O–H groups in total. The van der Waals surface area contributed by atoms with Gasteiger partial charge >= 0.3 is 0 Å². The van der Waals surface area contributed by atoms with Gasteiger partial charge in [0, 0.05) is 86.5 Å². The minimum Gasteiger partial charge on any atom is -0.393 e. The van der Waals surface area contributed by atoms with Crippen molar-refractivity contribution in [3.8, 4) is 0 Å². The Morgan fingerprint density at radius 2 is 1.57 bits per heavy atom. The number of Topliss-reactive ketones (excluding diaryl/α,β-unsaturated/α-hetero) is 3. The third-order valence-electron chi connectivity index (χ3n) is 16.0. The Morgan fingerprint density at radius 1 is 0.851 bits per heavy atom. The van der Waals surface area contributed by atoms with E-state index >= 15 is 0 Å². The zero-order valence-electron chi connectivity index (χ0n) is 50.1. The van der Waals surface area contributed by atoms with Gasteiger partial charge in [0.15, 0.2) is 11.6 Å². The monoisotopic (exact) mass is 1230 g/mol. The zero-order valence-corrected chi connectivity index (χ0v) is 50.9. The predicted molar refractivity (Wildman–Crippen MR) is 321 cm³/mol. The summed E-state index contributed by atoms with van der Waals surface area (Å²) in [6, 6.07) is 4.68. The Balaban J connectivity index is 1.31. The highest BCUT2D eigenvalue weighted by molar-refractivity contribution is 7.99. The number of hydrogen-bond acceptors (Lipinski definition) is 17. The molecular weight excluding hydrogens is 1140 g/mol. The van der Waals surface area contributed by atoms with Crippen LogP contribution < -0.4 is 43.0 Å². The number of nitrogens with two attached hydrogens (primary N) is 1. The molecule has 4 heterocycles. The summed E-state index contributed by atoms with van der Waals surface area (Å²) in [6.07, 6.45) is -1.56. The summed E-state index contributed by atoms with van der Waals surface area (Å²) in [7, 11) is 0. The van der Waals surface area contributed by atoms with Crippen LogP contribution in [0, 0.1) is 11.8 Å². The molecule has 87 heavy (non-hydrogen) atoms. The van der Waals surface area contributed by atoms with Crippen molar-refractivity contribution in [2.24, 2.45) is 17.6 Å². The number of rotatable bonds is 23. The molecule has 2 bridgehead atoms. The van der Waals surface area contributed by atoms with E-state index in [0.717, 1.165) is 22.2 Å². The number of H-pyrrole nitrogens is 1. The first kappa shape index (κ1) is 69.0. The van der Waals surface area contributed by atoms with E-state index in [1.165, 1.54) is 27.7 Å². The first-order valence-electron chi connectivity index (χ1n) is 30.0. The van der Waals surface area contributed by atoms with Crippen molar-refractivity contribution in [3.63, 3.8) is 0 Å². The molecule has 25 nitrogen and oxygen atoms in total. The smallest absolute Gasteiger partial charge is 0.246 e. The number of nitrogens with zero attached hydrogens (tertiary/aromatic N) is 1. The average Bonchev–Trinajstić information content (AvgIpc) is 2.10. The quantitative estimate of drug-likeness (QED) is 0.0537. The molecule has 26 heteroatoms. The van der Waals surface area contributed by atoms with Crippen molar-refractivity contribution in [1.29, 1.82) is 0 Å². The van der Waals surface area contributed by atoms with Gasteiger partial charge in [0.1, 0.15) is 36.0 Å². The second-order valence-corrected chi connectivity index (χ2v) is 24.6. The summed E-state index contributed by atoms with van der Waals surface area (Å²) in [5, 5.41) is 62.2. The summed E-state index contributed by atoms with van der Waals surface area (Å²) < 4.78 is 0. The summed E-state index contributed by atoms with van der Waals surface area (Å²) in [4.78, 5) is 158. The molecule has 0 saturated carbocycles. The number of aromatic amines is 1. The standard InChI is InChI=1S/C61H86N10O15S/c1-6-13-51(78)66-45(24-36-14-8-7-9-15-36)50(77)26-38(16-10-11-20-62)54(80)63-21-12-17-40(74)22-37-18-19-44-42(23-37)43-25-39-27-49(76)33(2)64-57(83)48-28-41(75)30-71(48)60(85)47(31-87-59(43)69-44)68-58(84)52(35(4)73)70-53(79)34(3)65-56(82)46(67-55(39)81)29-61(5,86)32-72/h7-9,14-15,18-19,23,33-35,38-39,41,45-48,52,69,72-73,75,86H,6,10-13,16-17,20-22,24-32,62H2,1-5H3,(H,63,80)(H,64,83)(H,65,82)(H,66,78)(H,67,81)(H,68,84)(H,70,79)/t33-,34-,35?,38-,39+,41+,45+,46-,47+,48-,52+,61+/m0/s1. The first-order chi connectivity index (χ1) is 41.3. The fraction of sp³-hybridized carbons (Fsp3) is 0.590. The van der Waals surface area contributed by atoms with Crippen LogP contribution in [-0.2, 0) is 72.0 Å². The first-order valence-corrected chi connectivity index (χ1v) is 31.0. The Bertz CT molecular complexity index is 2970. The van der Waals surface area contributed by atoms with Crippen LogP contribution in [0.1, 0.15) is 122 Å². The normalized spacial score (nSPS) is 24.4. The second-order valence-electron chi connectivity index (χ2n) is 23.6. The Labute approximate surface area is 510 Å². The molecule has 0 aliphatic carbocycles. The number of nitrogens with one attached hydrogen (secondary N) is 8. The molecule has 476 valence electrons. The lowest BCUT2D eigenvalue weighted by Crippen LogP contribution is -2.61. The van der Waals surface area contributed by atoms with Crippen LogP contribution in [0.15, 0.2) is 53.6 Å². The van der Waals surface area contributed by atoms with Crippen LogP contribution in [0.5, 0.6) is 0 Å². The fourth-order valence-electron chi connectivity index (χ4n) is 11.0. The number of amides is 8. The van der Waals surface area contributed by atoms with Crippen molar-refractivity contribution in [2.75, 3.05) is 32.0 Å². The fourth-order valence-corrected chi connectivity index (χ4v) is 12.1. The molecule has 0 radical (unpaired) electrons. The van der Waals surface area contributed by atoms with Gasteiger partial charge in [0.2, 0.25) is 47.3 Å². The van der Waals surface area contributed by atoms with Crippen LogP contribution in [0.4, 0.5) is 0 Å². The third kappa shape index (κ3) is 19.7. The molecule has 1 fully saturated rings. The van der Waals surface area contributed by atoms with Gasteiger partial charge in [-0.1, -0.05) is 49.7 Å². The van der Waals surface area contributed by atoms with E-state index < -0.39 is 133 Å². The number of carbonyl (C=O) groups is 11. The second kappa shape index (κ2) is 32.2. The number of hydrogen-bond donors (Lipinski definition) is 13. The van der Waals surface area contributed by atoms with Gasteiger partial charge in [0.05, 0.1) is 41.5 Å². The van der Waals surface area contributed by atoms with Gasteiger partial charge in [0.25, 0.3) is 0 Å². The average molecular weight is 1230 g/mol. The molecule has 6 rings (SSSR count). The van der Waals surface area contributed by atoms with Crippen LogP contribution in [-0.4, -0.2) is 187 Å². The van der Waals surface area contributed by atoms with E-state index in [0.29, 0.717) is 59.3 Å². The highest BCUT2D eigenvalue weighted by atomic mass is 32.2. The predicted octanol–water partition coefficient (Wildman–Crippen LogP) is -0.415. The van der Waals surface area contributed by atoms with Gasteiger partial charge in [-0.25, -0.2) is 0 Å². The number of fused-ring (bicyclic) bond motifs is 5. The summed E-state index contributed by atoms with van der Waals surface area (Å²) >= 11 is 1.02. The highest BCUT2D eigenvalue weighted by Crippen LogP contribution is 2.35. The molecule has 8 amide bonds. The van der Waals surface area contributed by atoms with Crippen LogP contribution in [0.25, 0.3) is 10.9 Å². The molecule has 12 atom stereocenters. The van der Waals surface area contributed by atoms with Gasteiger partial charge in [-0.15, -0.1) is 11.8 Å². The SMILES string of the molecule is CCCC(=O)N[C@H](Cc1ccccc1)C(=O)C[C@H](CCCCN)C(=O)NCCCC(=O)Cc1ccc2[nH]c3c(c2c1)C[C@@H]1CC(=O)[C@H](C)NC(=O)[C@@H]2C[C@@H](O)CN2C(=O)[C@@H](CS3)NC(=O)[C@@H](C(C)O)NC(=O)[C@H](C)NC(=O)[C@H](C[C@@](C)(O)CO)NC1=O. The van der Waals surface area contributed by atoms with Gasteiger partial charge in [-0.05, 0) is 102 Å². The van der Waals surface area contributed by atoms with E-state index in [1.54, 1.807) is 18.2 Å². The third-order valence-corrected chi connectivity index (χ3v) is 17.1. The lowest BCUT2D eigenvalue weighted by atomic mass is 9.89. The van der Waals surface area contributed by atoms with Crippen molar-refractivity contribution in [1.82, 2.24) is 47.1 Å². The van der Waals surface area contributed by atoms with E-state index in [1.807, 2.05) is 37.3 Å². The minimum absolute atomic E-state index is 0.0458. The minimum atomic E-state index is -1.97. The lowest BCUT2D eigenvalue weighted by molar-refractivity contribution is -0.142. The molecule has 3 aliphatic heterocycles. The van der Waals surface area contributed by atoms with Gasteiger partial charge < -0.3 is 73.3 Å². The maximum absolute atomic E-state index is 14.9. The number of benzene rings is 2. The molecule has 1 aromatic heterocycles. The van der Waals surface area contributed by atoms with Crippen LogP contribution >= 0.6 is 11.8 Å². The molecule has 3 aromatic rings. The topological polar surface area (TPSA) is 398 Å². The summed E-state index contributed by atoms with van der Waals surface area (Å²) in [6.45, 7) is 6.26. The molecule has 1 saturated heterocycles. The number of unbranched alkanes of at least 4 members (excludes halogenated alkanes) is 1. The number of thioether (sulfide) groups is 1. The molecule has 0 spiro atoms. The van der Waals surface area contributed by atoms with Crippen molar-refractivity contribution in [2.45, 2.75) is 190 Å². The number of aliphatic hydroxyl groups is 4. The molecule has 2 aromatic carbocycles. The molecular formula is C61H86N10O15S. The maximum Gasteiger partial charge on any atom is 0.246 e. The van der Waals surface area contributed by atoms with Crippen molar-refractivity contribution in [3.05, 3.63) is 65.2 Å². The number of aliphatic hydroxyl groups excluding tert-OH is 3. The number of carbonyl (C=O) groups excluding carboxylic acids is 11. The Morgan fingerprint density at radius 3 is 2.26 bits per heavy atom.